The molecule has 182 valence electrons. The van der Waals surface area contributed by atoms with Gasteiger partial charge in [0.25, 0.3) is 0 Å². The van der Waals surface area contributed by atoms with Gasteiger partial charge in [0, 0.05) is 17.7 Å². The van der Waals surface area contributed by atoms with Crippen molar-refractivity contribution in [2.75, 3.05) is 20.8 Å². The van der Waals surface area contributed by atoms with Gasteiger partial charge >= 0.3 is 0 Å². The smallest absolute Gasteiger partial charge is 0.239 e. The summed E-state index contributed by atoms with van der Waals surface area (Å²) in [6.45, 7) is -0.678. The van der Waals surface area contributed by atoms with E-state index in [1.165, 1.54) is 26.4 Å². The lowest BCUT2D eigenvalue weighted by Crippen LogP contribution is -2.60. The number of benzene rings is 2. The highest BCUT2D eigenvalue weighted by atomic mass is 16.7. The van der Waals surface area contributed by atoms with Gasteiger partial charge in [-0.25, -0.2) is 0 Å². The SMILES string of the molecule is COc1ccc(-c2oc3cc(OC)cc(O)c3c(=O)c2O[C@H]2O[C@H](CO)[C@@H](O)C(O)C2O)cc1. The van der Waals surface area contributed by atoms with Gasteiger partial charge < -0.3 is 48.9 Å². The quantitative estimate of drug-likeness (QED) is 0.333. The minimum absolute atomic E-state index is 0.00817. The van der Waals surface area contributed by atoms with E-state index in [9.17, 15) is 30.3 Å². The van der Waals surface area contributed by atoms with Crippen LogP contribution in [0.5, 0.6) is 23.0 Å². The van der Waals surface area contributed by atoms with Crippen molar-refractivity contribution < 1.29 is 48.9 Å². The van der Waals surface area contributed by atoms with Crippen molar-refractivity contribution in [3.8, 4) is 34.3 Å². The van der Waals surface area contributed by atoms with Crippen LogP contribution in [0.1, 0.15) is 0 Å². The summed E-state index contributed by atoms with van der Waals surface area (Å²) in [5.74, 6) is -0.130. The molecule has 5 atom stereocenters. The molecule has 1 aliphatic rings. The van der Waals surface area contributed by atoms with Crippen LogP contribution in [0, 0.1) is 0 Å². The number of aliphatic hydroxyl groups excluding tert-OH is 4. The van der Waals surface area contributed by atoms with Crippen LogP contribution in [-0.2, 0) is 4.74 Å². The van der Waals surface area contributed by atoms with E-state index < -0.39 is 54.2 Å². The molecule has 4 rings (SSSR count). The Morgan fingerprint density at radius 2 is 1.62 bits per heavy atom. The summed E-state index contributed by atoms with van der Waals surface area (Å²) in [4.78, 5) is 13.4. The fourth-order valence-electron chi connectivity index (χ4n) is 3.70. The monoisotopic (exact) mass is 476 g/mol. The zero-order chi connectivity index (χ0) is 24.6. The first kappa shape index (κ1) is 23.8. The molecule has 0 spiro atoms. The predicted octanol–water partition coefficient (Wildman–Crippen LogP) is 0.361. The van der Waals surface area contributed by atoms with Gasteiger partial charge in [0.15, 0.2) is 5.76 Å². The molecule has 1 aliphatic heterocycles. The molecule has 5 N–H and O–H groups in total. The number of rotatable bonds is 6. The van der Waals surface area contributed by atoms with Gasteiger partial charge in [0.2, 0.25) is 17.5 Å². The van der Waals surface area contributed by atoms with Crippen LogP contribution in [0.4, 0.5) is 0 Å². The standard InChI is InChI=1S/C23H24O11/c1-30-11-5-3-10(4-6-11)21-22(34-23-20(29)19(28)17(26)15(9-24)33-23)18(27)16-13(25)7-12(31-2)8-14(16)32-21/h3-8,15,17,19-20,23-26,28-29H,9H2,1-2H3/t15-,17-,19?,20?,23-/m1/s1. The van der Waals surface area contributed by atoms with Crippen molar-refractivity contribution in [2.24, 2.45) is 0 Å². The zero-order valence-corrected chi connectivity index (χ0v) is 18.2. The molecule has 0 aliphatic carbocycles. The second kappa shape index (κ2) is 9.49. The molecule has 0 amide bonds. The van der Waals surface area contributed by atoms with Gasteiger partial charge in [-0.15, -0.1) is 0 Å². The summed E-state index contributed by atoms with van der Waals surface area (Å²) in [5.41, 5.74) is -0.389. The fraction of sp³-hybridized carbons (Fsp3) is 0.348. The maximum absolute atomic E-state index is 13.4. The van der Waals surface area contributed by atoms with Crippen molar-refractivity contribution in [3.05, 3.63) is 46.6 Å². The second-order valence-corrected chi connectivity index (χ2v) is 7.65. The van der Waals surface area contributed by atoms with E-state index in [0.717, 1.165) is 0 Å². The largest absolute Gasteiger partial charge is 0.507 e. The number of aromatic hydroxyl groups is 1. The predicted molar refractivity (Wildman–Crippen MR) is 117 cm³/mol. The molecular weight excluding hydrogens is 452 g/mol. The normalized spacial score (nSPS) is 24.7. The summed E-state index contributed by atoms with van der Waals surface area (Å²) in [6.07, 6.45) is -7.98. The summed E-state index contributed by atoms with van der Waals surface area (Å²) < 4.78 is 27.3. The summed E-state index contributed by atoms with van der Waals surface area (Å²) in [7, 11) is 2.88. The third kappa shape index (κ3) is 4.15. The maximum atomic E-state index is 13.4. The fourth-order valence-corrected chi connectivity index (χ4v) is 3.70. The molecule has 0 bridgehead atoms. The van der Waals surface area contributed by atoms with E-state index in [2.05, 4.69) is 0 Å². The number of hydrogen-bond acceptors (Lipinski definition) is 11. The van der Waals surface area contributed by atoms with E-state index >= 15 is 0 Å². The number of phenolic OH excluding ortho intramolecular Hbond substituents is 1. The molecule has 3 aromatic rings. The van der Waals surface area contributed by atoms with Gasteiger partial charge in [-0.2, -0.15) is 0 Å². The number of phenols is 1. The van der Waals surface area contributed by atoms with Gasteiger partial charge in [-0.3, -0.25) is 4.79 Å². The van der Waals surface area contributed by atoms with E-state index in [-0.39, 0.29) is 22.5 Å². The molecule has 2 heterocycles. The Hall–Kier alpha value is -3.35. The second-order valence-electron chi connectivity index (χ2n) is 7.65. The van der Waals surface area contributed by atoms with Gasteiger partial charge in [-0.1, -0.05) is 0 Å². The highest BCUT2D eigenvalue weighted by molar-refractivity contribution is 5.88. The average Bonchev–Trinajstić information content (AvgIpc) is 2.85. The zero-order valence-electron chi connectivity index (χ0n) is 18.2. The Kier molecular flexibility index (Phi) is 6.64. The molecule has 11 nitrogen and oxygen atoms in total. The number of methoxy groups -OCH3 is 2. The minimum atomic E-state index is -1.76. The van der Waals surface area contributed by atoms with E-state index in [0.29, 0.717) is 11.3 Å². The van der Waals surface area contributed by atoms with E-state index in [4.69, 9.17) is 23.4 Å². The molecule has 0 radical (unpaired) electrons. The van der Waals surface area contributed by atoms with Gasteiger partial charge in [0.1, 0.15) is 52.6 Å². The number of fused-ring (bicyclic) bond motifs is 1. The lowest BCUT2D eigenvalue weighted by atomic mass is 9.99. The summed E-state index contributed by atoms with van der Waals surface area (Å²) >= 11 is 0. The first-order valence-corrected chi connectivity index (χ1v) is 10.3. The van der Waals surface area contributed by atoms with Crippen LogP contribution >= 0.6 is 0 Å². The molecule has 11 heteroatoms. The van der Waals surface area contributed by atoms with Crippen LogP contribution in [-0.4, -0.2) is 77.1 Å². The molecule has 34 heavy (non-hydrogen) atoms. The Bertz CT molecular complexity index is 1220. The Labute approximate surface area is 192 Å². The average molecular weight is 476 g/mol. The van der Waals surface area contributed by atoms with Crippen molar-refractivity contribution >= 4 is 11.0 Å². The highest BCUT2D eigenvalue weighted by Crippen LogP contribution is 2.37. The van der Waals surface area contributed by atoms with Crippen molar-refractivity contribution in [3.63, 3.8) is 0 Å². The maximum Gasteiger partial charge on any atom is 0.239 e. The van der Waals surface area contributed by atoms with Crippen molar-refractivity contribution in [1.82, 2.24) is 0 Å². The van der Waals surface area contributed by atoms with E-state index in [1.807, 2.05) is 0 Å². The minimum Gasteiger partial charge on any atom is -0.507 e. The Morgan fingerprint density at radius 3 is 2.24 bits per heavy atom. The summed E-state index contributed by atoms with van der Waals surface area (Å²) in [6, 6.07) is 9.09. The van der Waals surface area contributed by atoms with Crippen LogP contribution in [0.3, 0.4) is 0 Å². The number of ether oxygens (including phenoxy) is 4. The van der Waals surface area contributed by atoms with Crippen LogP contribution < -0.4 is 19.6 Å². The first-order chi connectivity index (χ1) is 16.3. The van der Waals surface area contributed by atoms with Crippen LogP contribution in [0.2, 0.25) is 0 Å². The Balaban J connectivity index is 1.89. The third-order valence-corrected chi connectivity index (χ3v) is 5.58. The van der Waals surface area contributed by atoms with Crippen molar-refractivity contribution in [2.45, 2.75) is 30.7 Å². The molecule has 0 saturated carbocycles. The molecule has 1 saturated heterocycles. The van der Waals surface area contributed by atoms with E-state index in [1.54, 1.807) is 24.3 Å². The highest BCUT2D eigenvalue weighted by Gasteiger charge is 2.45. The summed E-state index contributed by atoms with van der Waals surface area (Å²) in [5, 5.41) is 50.2. The number of hydrogen-bond donors (Lipinski definition) is 5. The molecule has 2 unspecified atom stereocenters. The molecular formula is C23H24O11. The van der Waals surface area contributed by atoms with Gasteiger partial charge in [-0.05, 0) is 24.3 Å². The van der Waals surface area contributed by atoms with Crippen molar-refractivity contribution in [1.29, 1.82) is 0 Å². The van der Waals surface area contributed by atoms with Crippen LogP contribution in [0.15, 0.2) is 45.6 Å². The topological polar surface area (TPSA) is 168 Å². The Morgan fingerprint density at radius 1 is 0.941 bits per heavy atom. The lowest BCUT2D eigenvalue weighted by molar-refractivity contribution is -0.277. The first-order valence-electron chi connectivity index (χ1n) is 10.3. The van der Waals surface area contributed by atoms with Crippen LogP contribution in [0.25, 0.3) is 22.3 Å². The lowest BCUT2D eigenvalue weighted by Gasteiger charge is -2.39. The molecule has 2 aromatic carbocycles. The number of aliphatic hydroxyl groups is 4. The molecule has 1 aromatic heterocycles. The molecule has 1 fully saturated rings. The third-order valence-electron chi connectivity index (χ3n) is 5.58. The van der Waals surface area contributed by atoms with Gasteiger partial charge in [0.05, 0.1) is 20.8 Å².